The number of amides is 1. The molecule has 3 heteroatoms. The van der Waals surface area contributed by atoms with Gasteiger partial charge in [-0.2, -0.15) is 0 Å². The van der Waals surface area contributed by atoms with Crippen molar-refractivity contribution in [1.82, 2.24) is 11.3 Å². The number of carbonyl (C=O) groups is 1. The zero-order valence-electron chi connectivity index (χ0n) is 4.01. The van der Waals surface area contributed by atoms with Crippen LogP contribution in [0.1, 0.15) is 6.92 Å². The third-order valence-corrected chi connectivity index (χ3v) is 0.456. The van der Waals surface area contributed by atoms with Crippen LogP contribution in [-0.2, 0) is 4.79 Å². The van der Waals surface area contributed by atoms with Crippen molar-refractivity contribution in [2.24, 2.45) is 0 Å². The second-order valence-electron chi connectivity index (χ2n) is 1.19. The zero-order valence-corrected chi connectivity index (χ0v) is 4.01. The Morgan fingerprint density at radius 2 is 2.29 bits per heavy atom. The molecule has 0 atom stereocenters. The third kappa shape index (κ3) is 2.08. The van der Waals surface area contributed by atoms with Gasteiger partial charge in [0.1, 0.15) is 0 Å². The van der Waals surface area contributed by atoms with Crippen LogP contribution < -0.4 is 11.3 Å². The average Bonchev–Trinajstić information content (AvgIpc) is 1.65. The van der Waals surface area contributed by atoms with Crippen LogP contribution in [-0.4, -0.2) is 5.91 Å². The number of hydrogen-bond acceptors (Lipinski definition) is 1. The lowest BCUT2D eigenvalue weighted by molar-refractivity contribution is -0.117. The minimum Gasteiger partial charge on any atom is -0.210 e. The molecular formula is C4H5N2O+. The van der Waals surface area contributed by atoms with Crippen molar-refractivity contribution in [3.05, 3.63) is 12.2 Å². The molecule has 0 spiro atoms. The summed E-state index contributed by atoms with van der Waals surface area (Å²) < 4.78 is 0. The van der Waals surface area contributed by atoms with E-state index in [9.17, 15) is 4.79 Å². The summed E-state index contributed by atoms with van der Waals surface area (Å²) >= 11 is 0. The molecule has 0 saturated carbocycles. The molecule has 4 radical (unpaired) electrons. The van der Waals surface area contributed by atoms with Gasteiger partial charge in [-0.3, -0.25) is 0 Å². The predicted molar refractivity (Wildman–Crippen MR) is 24.1 cm³/mol. The molecule has 0 aromatic carbocycles. The van der Waals surface area contributed by atoms with Crippen molar-refractivity contribution in [3.63, 3.8) is 0 Å². The lowest BCUT2D eigenvalue weighted by atomic mass is 10.3. The van der Waals surface area contributed by atoms with Gasteiger partial charge in [0.05, 0.1) is 5.57 Å². The highest BCUT2D eigenvalue weighted by Crippen LogP contribution is 1.82. The van der Waals surface area contributed by atoms with Crippen LogP contribution in [0.5, 0.6) is 0 Å². The molecule has 0 bridgehead atoms. The molecule has 0 aromatic heterocycles. The minimum absolute atomic E-state index is 0.238. The Bertz CT molecular complexity index is 97.9. The quantitative estimate of drug-likeness (QED) is 0.326. The van der Waals surface area contributed by atoms with Gasteiger partial charge < -0.3 is 0 Å². The van der Waals surface area contributed by atoms with Crippen molar-refractivity contribution in [2.45, 2.75) is 6.92 Å². The Hall–Kier alpha value is -0.670. The Balaban J connectivity index is 3.58. The molecular weight excluding hydrogens is 92.1 g/mol. The lowest BCUT2D eigenvalue weighted by Crippen LogP contribution is -2.12. The highest BCUT2D eigenvalue weighted by molar-refractivity contribution is 5.91. The van der Waals surface area contributed by atoms with E-state index in [4.69, 9.17) is 5.84 Å². The molecule has 3 nitrogen and oxygen atoms in total. The fraction of sp³-hybridized carbons (Fsp3) is 0.250. The van der Waals surface area contributed by atoms with Crippen LogP contribution in [0.25, 0.3) is 0 Å². The molecule has 0 aromatic rings. The first-order chi connectivity index (χ1) is 3.18. The summed E-state index contributed by atoms with van der Waals surface area (Å²) in [6, 6.07) is 0. The summed E-state index contributed by atoms with van der Waals surface area (Å²) in [5, 5.41) is 0. The first-order valence-electron chi connectivity index (χ1n) is 1.73. The van der Waals surface area contributed by atoms with Gasteiger partial charge in [0.2, 0.25) is 0 Å². The van der Waals surface area contributed by atoms with E-state index in [0.717, 1.165) is 0 Å². The second kappa shape index (κ2) is 2.49. The Kier molecular flexibility index (Phi) is 2.26. The van der Waals surface area contributed by atoms with E-state index in [2.05, 4.69) is 12.0 Å². The third-order valence-electron chi connectivity index (χ3n) is 0.456. The van der Waals surface area contributed by atoms with Gasteiger partial charge in [-0.05, 0) is 6.92 Å². The highest BCUT2D eigenvalue weighted by Gasteiger charge is 2.16. The fourth-order valence-electron chi connectivity index (χ4n) is 0.0854. The minimum atomic E-state index is -0.667. The van der Waals surface area contributed by atoms with E-state index in [-0.39, 0.29) is 5.57 Å². The van der Waals surface area contributed by atoms with E-state index >= 15 is 0 Å². The normalized spacial score (nSPS) is 8.29. The molecule has 1 amide bonds. The maximum atomic E-state index is 10.00. The predicted octanol–water partition coefficient (Wildman–Crippen LogP) is -0.323. The van der Waals surface area contributed by atoms with Crippen LogP contribution in [0.4, 0.5) is 0 Å². The molecule has 0 N–H and O–H groups in total. The van der Waals surface area contributed by atoms with Crippen LogP contribution >= 0.6 is 0 Å². The molecule has 0 rings (SSSR count). The van der Waals surface area contributed by atoms with Gasteiger partial charge in [0, 0.05) is 0 Å². The van der Waals surface area contributed by atoms with Gasteiger partial charge in [-0.1, -0.05) is 6.58 Å². The SMILES string of the molecule is C=C(C)C(=O)[N+][N]. The standard InChI is InChI=1S/C4H5N2O/c1-3(2)4(7)6-5/h1H2,2H3/q+1. The molecule has 0 aliphatic carbocycles. The van der Waals surface area contributed by atoms with Crippen molar-refractivity contribution in [2.75, 3.05) is 0 Å². The van der Waals surface area contributed by atoms with Gasteiger partial charge in [0.15, 0.2) is 0 Å². The number of rotatable bonds is 1. The molecule has 0 aliphatic rings. The fourth-order valence-corrected chi connectivity index (χ4v) is 0.0854. The molecule has 0 heterocycles. The number of nitrogens with zero attached hydrogens (tertiary/aromatic N) is 2. The molecule has 36 valence electrons. The molecule has 0 unspecified atom stereocenters. The van der Waals surface area contributed by atoms with E-state index < -0.39 is 5.91 Å². The van der Waals surface area contributed by atoms with Gasteiger partial charge in [0.25, 0.3) is 5.84 Å². The van der Waals surface area contributed by atoms with E-state index in [1.54, 1.807) is 0 Å². The van der Waals surface area contributed by atoms with Crippen LogP contribution in [0.2, 0.25) is 0 Å². The van der Waals surface area contributed by atoms with E-state index in [0.29, 0.717) is 0 Å². The largest absolute Gasteiger partial charge is 0.480 e. The zero-order chi connectivity index (χ0) is 5.86. The average molecular weight is 97.1 g/mol. The topological polar surface area (TPSA) is 53.5 Å². The van der Waals surface area contributed by atoms with Crippen molar-refractivity contribution in [3.8, 4) is 0 Å². The van der Waals surface area contributed by atoms with Gasteiger partial charge in [-0.15, -0.1) is 0 Å². The van der Waals surface area contributed by atoms with E-state index in [1.807, 2.05) is 0 Å². The van der Waals surface area contributed by atoms with E-state index in [1.165, 1.54) is 6.92 Å². The Labute approximate surface area is 42.2 Å². The number of hydrogen-bond donors (Lipinski definition) is 0. The summed E-state index contributed by atoms with van der Waals surface area (Å²) in [6.45, 7) is 4.70. The van der Waals surface area contributed by atoms with Crippen molar-refractivity contribution >= 4 is 5.91 Å². The molecule has 7 heavy (non-hydrogen) atoms. The van der Waals surface area contributed by atoms with Crippen molar-refractivity contribution in [1.29, 1.82) is 0 Å². The second-order valence-corrected chi connectivity index (χ2v) is 1.19. The summed E-state index contributed by atoms with van der Waals surface area (Å²) in [5.41, 5.74) is 2.59. The maximum Gasteiger partial charge on any atom is 0.480 e. The Morgan fingerprint density at radius 1 is 1.86 bits per heavy atom. The van der Waals surface area contributed by atoms with Crippen LogP contribution in [0.15, 0.2) is 12.2 Å². The highest BCUT2D eigenvalue weighted by atomic mass is 16.2. The Morgan fingerprint density at radius 3 is 2.29 bits per heavy atom. The summed E-state index contributed by atoms with van der Waals surface area (Å²) in [6.07, 6.45) is 0. The summed E-state index contributed by atoms with van der Waals surface area (Å²) in [7, 11) is 0. The van der Waals surface area contributed by atoms with Crippen molar-refractivity contribution < 1.29 is 4.79 Å². The first-order valence-corrected chi connectivity index (χ1v) is 1.73. The first kappa shape index (κ1) is 6.33. The summed E-state index contributed by atoms with van der Waals surface area (Å²) in [4.78, 5) is 10.00. The smallest absolute Gasteiger partial charge is 0.210 e. The number of carbonyl (C=O) groups excluding carboxylic acids is 1. The van der Waals surface area contributed by atoms with Gasteiger partial charge >= 0.3 is 11.3 Å². The monoisotopic (exact) mass is 97.0 g/mol. The maximum absolute atomic E-state index is 10.00. The van der Waals surface area contributed by atoms with Crippen LogP contribution in [0.3, 0.4) is 0 Å². The summed E-state index contributed by atoms with van der Waals surface area (Å²) in [5.74, 6) is 7.05. The molecule has 0 aliphatic heterocycles. The molecule has 0 saturated heterocycles. The lowest BCUT2D eigenvalue weighted by Gasteiger charge is -1.70. The van der Waals surface area contributed by atoms with Crippen LogP contribution in [0, 0.1) is 0 Å². The molecule has 0 fully saturated rings. The van der Waals surface area contributed by atoms with Gasteiger partial charge in [-0.25, -0.2) is 4.79 Å².